The van der Waals surface area contributed by atoms with E-state index in [1.165, 1.54) is 56.1 Å². The molecule has 2 nitrogen and oxygen atoms in total. The minimum atomic E-state index is 0.397. The Morgan fingerprint density at radius 3 is 2.76 bits per heavy atom. The molecule has 2 fully saturated rings. The summed E-state index contributed by atoms with van der Waals surface area (Å²) >= 11 is 5.59. The van der Waals surface area contributed by atoms with E-state index in [0.29, 0.717) is 12.1 Å². The SMILES string of the molecule is S=C(N[C@H]1CCCc2ccccc21)N[C@H]1C[C@H]2CC[C@H]1C2. The lowest BCUT2D eigenvalue weighted by molar-refractivity contribution is 0.386. The van der Waals surface area contributed by atoms with E-state index in [9.17, 15) is 0 Å². The van der Waals surface area contributed by atoms with E-state index in [1.54, 1.807) is 0 Å². The van der Waals surface area contributed by atoms with Crippen LogP contribution in [0.3, 0.4) is 0 Å². The molecule has 2 bridgehead atoms. The van der Waals surface area contributed by atoms with E-state index in [-0.39, 0.29) is 0 Å². The topological polar surface area (TPSA) is 24.1 Å². The van der Waals surface area contributed by atoms with Crippen LogP contribution in [-0.4, -0.2) is 11.2 Å². The average molecular weight is 300 g/mol. The molecule has 21 heavy (non-hydrogen) atoms. The lowest BCUT2D eigenvalue weighted by atomic mass is 9.88. The van der Waals surface area contributed by atoms with Gasteiger partial charge in [0.15, 0.2) is 5.11 Å². The normalized spacial score (nSPS) is 33.5. The summed E-state index contributed by atoms with van der Waals surface area (Å²) in [6.07, 6.45) is 9.25. The molecule has 0 radical (unpaired) electrons. The van der Waals surface area contributed by atoms with Crippen LogP contribution < -0.4 is 10.6 Å². The quantitative estimate of drug-likeness (QED) is 0.814. The van der Waals surface area contributed by atoms with Crippen molar-refractivity contribution in [3.05, 3.63) is 35.4 Å². The van der Waals surface area contributed by atoms with Crippen LogP contribution in [0.4, 0.5) is 0 Å². The van der Waals surface area contributed by atoms with Crippen LogP contribution in [0, 0.1) is 11.8 Å². The predicted molar refractivity (Wildman–Crippen MR) is 90.2 cm³/mol. The number of benzene rings is 1. The van der Waals surface area contributed by atoms with Gasteiger partial charge in [-0.3, -0.25) is 0 Å². The second-order valence-electron chi connectivity index (χ2n) is 7.04. The van der Waals surface area contributed by atoms with Gasteiger partial charge in [0.1, 0.15) is 0 Å². The summed E-state index contributed by atoms with van der Waals surface area (Å²) in [6.45, 7) is 0. The van der Waals surface area contributed by atoms with Gasteiger partial charge in [-0.15, -0.1) is 0 Å². The Balaban J connectivity index is 1.39. The molecule has 0 saturated heterocycles. The minimum absolute atomic E-state index is 0.397. The highest BCUT2D eigenvalue weighted by Gasteiger charge is 2.39. The fourth-order valence-electron chi connectivity index (χ4n) is 4.69. The Morgan fingerprint density at radius 1 is 1.05 bits per heavy atom. The van der Waals surface area contributed by atoms with Crippen LogP contribution in [-0.2, 0) is 6.42 Å². The van der Waals surface area contributed by atoms with Gasteiger partial charge < -0.3 is 10.6 Å². The van der Waals surface area contributed by atoms with Crippen molar-refractivity contribution in [1.29, 1.82) is 0 Å². The van der Waals surface area contributed by atoms with Gasteiger partial charge in [-0.1, -0.05) is 30.7 Å². The van der Waals surface area contributed by atoms with Crippen LogP contribution in [0.1, 0.15) is 55.7 Å². The summed E-state index contributed by atoms with van der Waals surface area (Å²) in [7, 11) is 0. The van der Waals surface area contributed by atoms with E-state index in [0.717, 1.165) is 16.9 Å². The molecule has 2 N–H and O–H groups in total. The van der Waals surface area contributed by atoms with Crippen LogP contribution >= 0.6 is 12.2 Å². The predicted octanol–water partition coefficient (Wildman–Crippen LogP) is 3.72. The molecule has 1 aromatic carbocycles. The lowest BCUT2D eigenvalue weighted by Gasteiger charge is -2.30. The van der Waals surface area contributed by atoms with Crippen molar-refractivity contribution in [2.24, 2.45) is 11.8 Å². The van der Waals surface area contributed by atoms with Crippen molar-refractivity contribution in [1.82, 2.24) is 10.6 Å². The summed E-state index contributed by atoms with van der Waals surface area (Å²) in [4.78, 5) is 0. The van der Waals surface area contributed by atoms with E-state index < -0.39 is 0 Å². The minimum Gasteiger partial charge on any atom is -0.360 e. The number of thiocarbonyl (C=S) groups is 1. The molecule has 112 valence electrons. The largest absolute Gasteiger partial charge is 0.360 e. The summed E-state index contributed by atoms with van der Waals surface area (Å²) in [6, 6.07) is 9.83. The molecule has 0 spiro atoms. The highest BCUT2D eigenvalue weighted by molar-refractivity contribution is 7.80. The first kappa shape index (κ1) is 13.6. The van der Waals surface area contributed by atoms with Gasteiger partial charge >= 0.3 is 0 Å². The van der Waals surface area contributed by atoms with Gasteiger partial charge in [0.25, 0.3) is 0 Å². The maximum Gasteiger partial charge on any atom is 0.167 e. The van der Waals surface area contributed by atoms with Gasteiger partial charge in [0.2, 0.25) is 0 Å². The van der Waals surface area contributed by atoms with Crippen molar-refractivity contribution >= 4 is 17.3 Å². The molecule has 0 amide bonds. The third-order valence-corrected chi connectivity index (χ3v) is 5.97. The summed E-state index contributed by atoms with van der Waals surface area (Å²) < 4.78 is 0. The molecule has 3 aliphatic rings. The maximum absolute atomic E-state index is 5.59. The number of fused-ring (bicyclic) bond motifs is 3. The Kier molecular flexibility index (Phi) is 3.62. The Labute approximate surface area is 132 Å². The molecular formula is C18H24N2S. The number of rotatable bonds is 2. The van der Waals surface area contributed by atoms with Gasteiger partial charge in [0, 0.05) is 6.04 Å². The molecular weight excluding hydrogens is 276 g/mol. The number of hydrogen-bond acceptors (Lipinski definition) is 1. The fraction of sp³-hybridized carbons (Fsp3) is 0.611. The van der Waals surface area contributed by atoms with Gasteiger partial charge in [-0.25, -0.2) is 0 Å². The van der Waals surface area contributed by atoms with E-state index in [1.807, 2.05) is 0 Å². The first-order valence-corrected chi connectivity index (χ1v) is 8.85. The summed E-state index contributed by atoms with van der Waals surface area (Å²) in [5, 5.41) is 8.06. The molecule has 0 unspecified atom stereocenters. The third kappa shape index (κ3) is 2.68. The van der Waals surface area contributed by atoms with E-state index in [4.69, 9.17) is 12.2 Å². The smallest absolute Gasteiger partial charge is 0.167 e. The second kappa shape index (κ2) is 5.60. The molecule has 1 aromatic rings. The number of aryl methyl sites for hydroxylation is 1. The van der Waals surface area contributed by atoms with Crippen molar-refractivity contribution in [2.45, 2.75) is 57.0 Å². The molecule has 4 rings (SSSR count). The molecule has 0 aromatic heterocycles. The third-order valence-electron chi connectivity index (χ3n) is 5.73. The van der Waals surface area contributed by atoms with Crippen LogP contribution in [0.15, 0.2) is 24.3 Å². The van der Waals surface area contributed by atoms with Crippen molar-refractivity contribution < 1.29 is 0 Å². The molecule has 2 saturated carbocycles. The average Bonchev–Trinajstić information content (AvgIpc) is 3.10. The molecule has 0 heterocycles. The van der Waals surface area contributed by atoms with Gasteiger partial charge in [-0.05, 0) is 73.7 Å². The first-order valence-electron chi connectivity index (χ1n) is 8.44. The fourth-order valence-corrected chi connectivity index (χ4v) is 4.99. The first-order chi connectivity index (χ1) is 10.3. The second-order valence-corrected chi connectivity index (χ2v) is 7.45. The summed E-state index contributed by atoms with van der Waals surface area (Å²) in [5.74, 6) is 1.83. The molecule has 3 heteroatoms. The van der Waals surface area contributed by atoms with Gasteiger partial charge in [0.05, 0.1) is 6.04 Å². The maximum atomic E-state index is 5.59. The zero-order chi connectivity index (χ0) is 14.2. The monoisotopic (exact) mass is 300 g/mol. The molecule has 4 atom stereocenters. The standard InChI is InChI=1S/C18H24N2S/c21-18(20-17-11-12-8-9-14(17)10-12)19-16-7-3-5-13-4-1-2-6-15(13)16/h1-2,4,6,12,14,16-17H,3,5,7-11H2,(H2,19,20,21)/t12-,14-,16-,17-/m0/s1. The van der Waals surface area contributed by atoms with Crippen LogP contribution in [0.2, 0.25) is 0 Å². The highest BCUT2D eigenvalue weighted by atomic mass is 32.1. The zero-order valence-corrected chi connectivity index (χ0v) is 13.3. The highest BCUT2D eigenvalue weighted by Crippen LogP contribution is 2.44. The number of hydrogen-bond donors (Lipinski definition) is 2. The lowest BCUT2D eigenvalue weighted by Crippen LogP contribution is -2.45. The molecule has 3 aliphatic carbocycles. The van der Waals surface area contributed by atoms with Crippen molar-refractivity contribution in [3.63, 3.8) is 0 Å². The zero-order valence-electron chi connectivity index (χ0n) is 12.5. The molecule has 0 aliphatic heterocycles. The van der Waals surface area contributed by atoms with Crippen molar-refractivity contribution in [2.75, 3.05) is 0 Å². The van der Waals surface area contributed by atoms with Gasteiger partial charge in [-0.2, -0.15) is 0 Å². The van der Waals surface area contributed by atoms with Crippen molar-refractivity contribution in [3.8, 4) is 0 Å². The van der Waals surface area contributed by atoms with E-state index >= 15 is 0 Å². The van der Waals surface area contributed by atoms with Crippen LogP contribution in [0.5, 0.6) is 0 Å². The van der Waals surface area contributed by atoms with E-state index in [2.05, 4.69) is 34.9 Å². The Bertz CT molecular complexity index is 542. The Hall–Kier alpha value is -1.09. The Morgan fingerprint density at radius 2 is 1.95 bits per heavy atom. The van der Waals surface area contributed by atoms with Crippen LogP contribution in [0.25, 0.3) is 0 Å². The summed E-state index contributed by atoms with van der Waals surface area (Å²) in [5.41, 5.74) is 2.94. The number of nitrogens with one attached hydrogen (secondary N) is 2.